The summed E-state index contributed by atoms with van der Waals surface area (Å²) in [5.74, 6) is 2.60. The average Bonchev–Trinajstić information content (AvgIpc) is 2.34. The Morgan fingerprint density at radius 3 is 2.62 bits per heavy atom. The number of thioether (sulfide) groups is 2. The van der Waals surface area contributed by atoms with E-state index < -0.39 is 0 Å². The molecule has 0 aromatic heterocycles. The SMILES string of the molecule is CCNC(COCC)C1SCCSC1CC. The van der Waals surface area contributed by atoms with Gasteiger partial charge in [0.1, 0.15) is 0 Å². The van der Waals surface area contributed by atoms with Crippen molar-refractivity contribution in [1.82, 2.24) is 5.32 Å². The highest BCUT2D eigenvalue weighted by Crippen LogP contribution is 2.35. The summed E-state index contributed by atoms with van der Waals surface area (Å²) in [7, 11) is 0. The van der Waals surface area contributed by atoms with Gasteiger partial charge in [0.05, 0.1) is 6.61 Å². The molecule has 1 fully saturated rings. The van der Waals surface area contributed by atoms with Crippen LogP contribution in [0.2, 0.25) is 0 Å². The molecule has 3 atom stereocenters. The first-order valence-electron chi connectivity index (χ1n) is 6.37. The van der Waals surface area contributed by atoms with Crippen molar-refractivity contribution in [2.45, 2.75) is 43.7 Å². The molecule has 1 heterocycles. The lowest BCUT2D eigenvalue weighted by molar-refractivity contribution is 0.122. The molecule has 1 N–H and O–H groups in total. The highest BCUT2D eigenvalue weighted by molar-refractivity contribution is 8.07. The van der Waals surface area contributed by atoms with E-state index in [9.17, 15) is 0 Å². The minimum Gasteiger partial charge on any atom is -0.380 e. The van der Waals surface area contributed by atoms with E-state index in [2.05, 4.69) is 49.6 Å². The number of ether oxygens (including phenoxy) is 1. The van der Waals surface area contributed by atoms with Gasteiger partial charge >= 0.3 is 0 Å². The summed E-state index contributed by atoms with van der Waals surface area (Å²) < 4.78 is 5.61. The molecule has 0 radical (unpaired) electrons. The van der Waals surface area contributed by atoms with Gasteiger partial charge in [-0.05, 0) is 19.9 Å². The standard InChI is InChI=1S/C12H25NOS2/c1-4-11-12(16-8-7-15-11)10(13-5-2)9-14-6-3/h10-13H,4-9H2,1-3H3. The van der Waals surface area contributed by atoms with Gasteiger partial charge < -0.3 is 10.1 Å². The summed E-state index contributed by atoms with van der Waals surface area (Å²) in [6.45, 7) is 9.28. The molecule has 2 nitrogen and oxygen atoms in total. The van der Waals surface area contributed by atoms with Gasteiger partial charge in [0, 0.05) is 34.7 Å². The van der Waals surface area contributed by atoms with Crippen molar-refractivity contribution in [3.63, 3.8) is 0 Å². The molecule has 0 aliphatic carbocycles. The van der Waals surface area contributed by atoms with Crippen molar-refractivity contribution in [2.75, 3.05) is 31.3 Å². The van der Waals surface area contributed by atoms with E-state index in [0.717, 1.165) is 30.3 Å². The van der Waals surface area contributed by atoms with Crippen LogP contribution in [0.15, 0.2) is 0 Å². The maximum Gasteiger partial charge on any atom is 0.0630 e. The highest BCUT2D eigenvalue weighted by atomic mass is 32.2. The Labute approximate surface area is 109 Å². The molecule has 96 valence electrons. The van der Waals surface area contributed by atoms with E-state index >= 15 is 0 Å². The fraction of sp³-hybridized carbons (Fsp3) is 1.00. The van der Waals surface area contributed by atoms with Crippen molar-refractivity contribution < 1.29 is 4.74 Å². The molecule has 1 aliphatic rings. The zero-order chi connectivity index (χ0) is 11.8. The van der Waals surface area contributed by atoms with E-state index in [1.165, 1.54) is 17.9 Å². The second kappa shape index (κ2) is 8.67. The Hall–Kier alpha value is 0.620. The summed E-state index contributed by atoms with van der Waals surface area (Å²) >= 11 is 4.27. The normalized spacial score (nSPS) is 27.9. The predicted octanol–water partition coefficient (Wildman–Crippen LogP) is 2.63. The quantitative estimate of drug-likeness (QED) is 0.762. The number of likely N-dealkylation sites (N-methyl/N-ethyl adjacent to an activating group) is 1. The molecule has 4 heteroatoms. The van der Waals surface area contributed by atoms with Crippen LogP contribution in [-0.2, 0) is 4.74 Å². The van der Waals surface area contributed by atoms with Crippen molar-refractivity contribution >= 4 is 23.5 Å². The Balaban J connectivity index is 2.51. The first kappa shape index (κ1) is 14.7. The van der Waals surface area contributed by atoms with Crippen LogP contribution in [0.1, 0.15) is 27.2 Å². The van der Waals surface area contributed by atoms with E-state index in [0.29, 0.717) is 6.04 Å². The minimum atomic E-state index is 0.521. The van der Waals surface area contributed by atoms with Crippen LogP contribution in [0.25, 0.3) is 0 Å². The third kappa shape index (κ3) is 4.47. The van der Waals surface area contributed by atoms with Gasteiger partial charge in [0.25, 0.3) is 0 Å². The average molecular weight is 263 g/mol. The van der Waals surface area contributed by atoms with Crippen LogP contribution < -0.4 is 5.32 Å². The topological polar surface area (TPSA) is 21.3 Å². The third-order valence-electron chi connectivity index (χ3n) is 2.86. The maximum absolute atomic E-state index is 5.61. The largest absolute Gasteiger partial charge is 0.380 e. The molecule has 1 aliphatic heterocycles. The van der Waals surface area contributed by atoms with Crippen LogP contribution in [0, 0.1) is 0 Å². The van der Waals surface area contributed by atoms with E-state index in [1.807, 2.05) is 0 Å². The Morgan fingerprint density at radius 2 is 2.00 bits per heavy atom. The number of hydrogen-bond acceptors (Lipinski definition) is 4. The molecule has 1 saturated heterocycles. The van der Waals surface area contributed by atoms with Gasteiger partial charge in [0.15, 0.2) is 0 Å². The van der Waals surface area contributed by atoms with Gasteiger partial charge in [-0.15, -0.1) is 0 Å². The van der Waals surface area contributed by atoms with Crippen molar-refractivity contribution in [3.8, 4) is 0 Å². The van der Waals surface area contributed by atoms with Crippen molar-refractivity contribution in [1.29, 1.82) is 0 Å². The molecule has 0 amide bonds. The first-order valence-corrected chi connectivity index (χ1v) is 8.47. The molecular formula is C12H25NOS2. The second-order valence-electron chi connectivity index (χ2n) is 3.98. The second-order valence-corrected chi connectivity index (χ2v) is 6.61. The zero-order valence-corrected chi connectivity index (χ0v) is 12.3. The van der Waals surface area contributed by atoms with Crippen LogP contribution in [-0.4, -0.2) is 47.8 Å². The van der Waals surface area contributed by atoms with Crippen LogP contribution in [0.5, 0.6) is 0 Å². The molecule has 3 unspecified atom stereocenters. The number of rotatable bonds is 7. The molecule has 0 saturated carbocycles. The minimum absolute atomic E-state index is 0.521. The van der Waals surface area contributed by atoms with Crippen LogP contribution in [0.4, 0.5) is 0 Å². The van der Waals surface area contributed by atoms with E-state index in [4.69, 9.17) is 4.74 Å². The Morgan fingerprint density at radius 1 is 1.25 bits per heavy atom. The van der Waals surface area contributed by atoms with Crippen LogP contribution >= 0.6 is 23.5 Å². The van der Waals surface area contributed by atoms with Gasteiger partial charge in [-0.3, -0.25) is 0 Å². The summed E-state index contributed by atoms with van der Waals surface area (Å²) in [6.07, 6.45) is 1.27. The maximum atomic E-state index is 5.61. The smallest absolute Gasteiger partial charge is 0.0630 e. The van der Waals surface area contributed by atoms with E-state index in [-0.39, 0.29) is 0 Å². The van der Waals surface area contributed by atoms with Gasteiger partial charge in [-0.1, -0.05) is 13.8 Å². The number of nitrogens with one attached hydrogen (secondary N) is 1. The molecular weight excluding hydrogens is 238 g/mol. The van der Waals surface area contributed by atoms with E-state index in [1.54, 1.807) is 0 Å². The summed E-state index contributed by atoms with van der Waals surface area (Å²) in [6, 6.07) is 0.521. The summed E-state index contributed by atoms with van der Waals surface area (Å²) in [4.78, 5) is 0. The fourth-order valence-corrected chi connectivity index (χ4v) is 5.33. The van der Waals surface area contributed by atoms with Crippen LogP contribution in [0.3, 0.4) is 0 Å². The lowest BCUT2D eigenvalue weighted by atomic mass is 10.1. The Kier molecular flexibility index (Phi) is 7.96. The molecule has 0 aromatic carbocycles. The highest BCUT2D eigenvalue weighted by Gasteiger charge is 2.31. The molecule has 0 bridgehead atoms. The van der Waals surface area contributed by atoms with Crippen molar-refractivity contribution in [3.05, 3.63) is 0 Å². The van der Waals surface area contributed by atoms with Gasteiger partial charge in [-0.25, -0.2) is 0 Å². The zero-order valence-electron chi connectivity index (χ0n) is 10.7. The first-order chi connectivity index (χ1) is 7.83. The molecule has 1 rings (SSSR count). The molecule has 16 heavy (non-hydrogen) atoms. The molecule has 0 spiro atoms. The summed E-state index contributed by atoms with van der Waals surface area (Å²) in [5.41, 5.74) is 0. The van der Waals surface area contributed by atoms with Crippen molar-refractivity contribution in [2.24, 2.45) is 0 Å². The number of hydrogen-bond donors (Lipinski definition) is 1. The fourth-order valence-electron chi connectivity index (χ4n) is 2.09. The van der Waals surface area contributed by atoms with Gasteiger partial charge in [-0.2, -0.15) is 23.5 Å². The summed E-state index contributed by atoms with van der Waals surface area (Å²) in [5, 5.41) is 5.10. The van der Waals surface area contributed by atoms with Gasteiger partial charge in [0.2, 0.25) is 0 Å². The lowest BCUT2D eigenvalue weighted by Gasteiger charge is -2.36. The third-order valence-corrected chi connectivity index (χ3v) is 6.27. The predicted molar refractivity (Wildman–Crippen MR) is 76.7 cm³/mol. The lowest BCUT2D eigenvalue weighted by Crippen LogP contribution is -2.47. The Bertz CT molecular complexity index is 180. The molecule has 0 aromatic rings. The monoisotopic (exact) mass is 263 g/mol.